The zero-order chi connectivity index (χ0) is 16.4. The Hall–Kier alpha value is -2.11. The van der Waals surface area contributed by atoms with Gasteiger partial charge < -0.3 is 14.6 Å². The summed E-state index contributed by atoms with van der Waals surface area (Å²) in [6.45, 7) is 3.51. The first kappa shape index (κ1) is 15.4. The first-order valence-electron chi connectivity index (χ1n) is 8.03. The third-order valence-electron chi connectivity index (χ3n) is 4.25. The first-order valence-corrected chi connectivity index (χ1v) is 8.82. The predicted octanol–water partition coefficient (Wildman–Crippen LogP) is 4.52. The highest BCUT2D eigenvalue weighted by molar-refractivity contribution is 9.10. The second kappa shape index (κ2) is 6.79. The fourth-order valence-electron chi connectivity index (χ4n) is 2.94. The van der Waals surface area contributed by atoms with Gasteiger partial charge in [-0.15, -0.1) is 0 Å². The summed E-state index contributed by atoms with van der Waals surface area (Å²) in [4.78, 5) is 10.2. The quantitative estimate of drug-likeness (QED) is 0.675. The molecule has 1 saturated heterocycles. The molecule has 0 radical (unpaired) electrons. The predicted molar refractivity (Wildman–Crippen MR) is 103 cm³/mol. The number of morpholine rings is 1. The fraction of sp³-hybridized carbons (Fsp3) is 0.211. The van der Waals surface area contributed by atoms with Gasteiger partial charge in [-0.3, -0.25) is 4.99 Å². The van der Waals surface area contributed by atoms with Gasteiger partial charge in [0.15, 0.2) is 0 Å². The highest BCUT2D eigenvalue weighted by Gasteiger charge is 2.10. The molecule has 3 aromatic rings. The van der Waals surface area contributed by atoms with Crippen LogP contribution in [-0.4, -0.2) is 37.5 Å². The maximum atomic E-state index is 5.40. The third kappa shape index (κ3) is 3.23. The van der Waals surface area contributed by atoms with Gasteiger partial charge in [0.05, 0.1) is 18.9 Å². The highest BCUT2D eigenvalue weighted by Crippen LogP contribution is 2.23. The van der Waals surface area contributed by atoms with Crippen molar-refractivity contribution in [2.75, 3.05) is 31.2 Å². The summed E-state index contributed by atoms with van der Waals surface area (Å²) < 4.78 is 6.47. The van der Waals surface area contributed by atoms with Gasteiger partial charge in [-0.05, 0) is 42.5 Å². The Balaban J connectivity index is 1.53. The molecular formula is C19H18BrN3O. The molecule has 5 heteroatoms. The summed E-state index contributed by atoms with van der Waals surface area (Å²) >= 11 is 3.52. The number of rotatable bonds is 3. The lowest BCUT2D eigenvalue weighted by atomic mass is 10.2. The summed E-state index contributed by atoms with van der Waals surface area (Å²) in [6, 6.07) is 14.6. The average molecular weight is 384 g/mol. The molecule has 2 heterocycles. The molecule has 122 valence electrons. The molecule has 1 N–H and O–H groups in total. The number of benzene rings is 2. The number of aromatic nitrogens is 1. The maximum absolute atomic E-state index is 5.40. The SMILES string of the molecule is Brc1ccc2[nH]cc(C=Nc3ccc(N4CCOCC4)cc3)c2c1. The number of fused-ring (bicyclic) bond motifs is 1. The molecule has 1 aromatic heterocycles. The van der Waals surface area contributed by atoms with Gasteiger partial charge in [-0.2, -0.15) is 0 Å². The molecule has 0 spiro atoms. The van der Waals surface area contributed by atoms with Crippen molar-refractivity contribution in [1.82, 2.24) is 4.98 Å². The Morgan fingerprint density at radius 3 is 2.67 bits per heavy atom. The zero-order valence-corrected chi connectivity index (χ0v) is 14.8. The summed E-state index contributed by atoms with van der Waals surface area (Å²) in [5.41, 5.74) is 4.38. The first-order chi connectivity index (χ1) is 11.8. The van der Waals surface area contributed by atoms with Crippen LogP contribution in [0.1, 0.15) is 5.56 Å². The molecule has 0 bridgehead atoms. The van der Waals surface area contributed by atoms with Crippen LogP contribution in [0.5, 0.6) is 0 Å². The topological polar surface area (TPSA) is 40.6 Å². The molecule has 0 unspecified atom stereocenters. The molecule has 2 aromatic carbocycles. The van der Waals surface area contributed by atoms with Crippen molar-refractivity contribution < 1.29 is 4.74 Å². The van der Waals surface area contributed by atoms with Crippen molar-refractivity contribution >= 4 is 44.4 Å². The van der Waals surface area contributed by atoms with Crippen molar-refractivity contribution in [2.45, 2.75) is 0 Å². The number of nitrogens with zero attached hydrogens (tertiary/aromatic N) is 2. The molecule has 24 heavy (non-hydrogen) atoms. The largest absolute Gasteiger partial charge is 0.378 e. The molecule has 1 fully saturated rings. The lowest BCUT2D eigenvalue weighted by Crippen LogP contribution is -2.36. The second-order valence-corrected chi connectivity index (χ2v) is 6.72. The number of hydrogen-bond acceptors (Lipinski definition) is 3. The van der Waals surface area contributed by atoms with E-state index in [0.29, 0.717) is 0 Å². The summed E-state index contributed by atoms with van der Waals surface area (Å²) in [5, 5.41) is 1.16. The highest BCUT2D eigenvalue weighted by atomic mass is 79.9. The minimum absolute atomic E-state index is 0.802. The van der Waals surface area contributed by atoms with Gasteiger partial charge >= 0.3 is 0 Å². The van der Waals surface area contributed by atoms with Gasteiger partial charge in [0.25, 0.3) is 0 Å². The molecule has 0 amide bonds. The van der Waals surface area contributed by atoms with E-state index >= 15 is 0 Å². The number of hydrogen-bond donors (Lipinski definition) is 1. The van der Waals surface area contributed by atoms with E-state index in [4.69, 9.17) is 4.74 Å². The van der Waals surface area contributed by atoms with Gasteiger partial charge in [-0.1, -0.05) is 15.9 Å². The van der Waals surface area contributed by atoms with Crippen LogP contribution in [0.2, 0.25) is 0 Å². The van der Waals surface area contributed by atoms with E-state index in [1.807, 2.05) is 18.5 Å². The Bertz CT molecular complexity index is 864. The van der Waals surface area contributed by atoms with E-state index in [2.05, 4.69) is 67.2 Å². The normalized spacial score (nSPS) is 15.5. The van der Waals surface area contributed by atoms with E-state index in [1.165, 1.54) is 5.69 Å². The van der Waals surface area contributed by atoms with Crippen molar-refractivity contribution in [2.24, 2.45) is 4.99 Å². The van der Waals surface area contributed by atoms with Crippen LogP contribution in [0.3, 0.4) is 0 Å². The summed E-state index contributed by atoms with van der Waals surface area (Å²) in [5.74, 6) is 0. The lowest BCUT2D eigenvalue weighted by molar-refractivity contribution is 0.122. The Morgan fingerprint density at radius 1 is 1.08 bits per heavy atom. The maximum Gasteiger partial charge on any atom is 0.0642 e. The Labute approximate surface area is 149 Å². The van der Waals surface area contributed by atoms with Crippen molar-refractivity contribution in [3.05, 3.63) is 58.7 Å². The molecular weight excluding hydrogens is 366 g/mol. The van der Waals surface area contributed by atoms with Gasteiger partial charge in [0.2, 0.25) is 0 Å². The van der Waals surface area contributed by atoms with Crippen molar-refractivity contribution in [1.29, 1.82) is 0 Å². The van der Waals surface area contributed by atoms with E-state index in [1.54, 1.807) is 0 Å². The molecule has 0 aliphatic carbocycles. The summed E-state index contributed by atoms with van der Waals surface area (Å²) in [7, 11) is 0. The summed E-state index contributed by atoms with van der Waals surface area (Å²) in [6.07, 6.45) is 3.90. The Kier molecular flexibility index (Phi) is 4.36. The standard InChI is InChI=1S/C19H18BrN3O/c20-15-1-6-19-18(11-15)14(13-22-19)12-21-16-2-4-17(5-3-16)23-7-9-24-10-8-23/h1-6,11-13,22H,7-10H2. The van der Waals surface area contributed by atoms with E-state index < -0.39 is 0 Å². The van der Waals surface area contributed by atoms with Crippen molar-refractivity contribution in [3.8, 4) is 0 Å². The van der Waals surface area contributed by atoms with Crippen LogP contribution < -0.4 is 4.90 Å². The number of anilines is 1. The number of ether oxygens (including phenoxy) is 1. The molecule has 4 rings (SSSR count). The van der Waals surface area contributed by atoms with E-state index in [-0.39, 0.29) is 0 Å². The van der Waals surface area contributed by atoms with E-state index in [0.717, 1.165) is 52.9 Å². The number of nitrogens with one attached hydrogen (secondary N) is 1. The van der Waals surface area contributed by atoms with Crippen LogP contribution in [0.4, 0.5) is 11.4 Å². The average Bonchev–Trinajstić information content (AvgIpc) is 3.03. The molecule has 0 atom stereocenters. The minimum atomic E-state index is 0.802. The van der Waals surface area contributed by atoms with Gasteiger partial charge in [0, 0.05) is 52.1 Å². The molecule has 4 nitrogen and oxygen atoms in total. The fourth-order valence-corrected chi connectivity index (χ4v) is 3.30. The second-order valence-electron chi connectivity index (χ2n) is 5.81. The van der Waals surface area contributed by atoms with E-state index in [9.17, 15) is 0 Å². The van der Waals surface area contributed by atoms with Crippen molar-refractivity contribution in [3.63, 3.8) is 0 Å². The van der Waals surface area contributed by atoms with Crippen LogP contribution in [0, 0.1) is 0 Å². The number of H-pyrrole nitrogens is 1. The third-order valence-corrected chi connectivity index (χ3v) is 4.75. The lowest BCUT2D eigenvalue weighted by Gasteiger charge is -2.28. The van der Waals surface area contributed by atoms with Gasteiger partial charge in [0.1, 0.15) is 0 Å². The van der Waals surface area contributed by atoms with Crippen LogP contribution >= 0.6 is 15.9 Å². The van der Waals surface area contributed by atoms with Crippen LogP contribution in [0.25, 0.3) is 10.9 Å². The monoisotopic (exact) mass is 383 g/mol. The minimum Gasteiger partial charge on any atom is -0.378 e. The number of aromatic amines is 1. The number of aliphatic imine (C=N–C) groups is 1. The smallest absolute Gasteiger partial charge is 0.0642 e. The molecule has 0 saturated carbocycles. The Morgan fingerprint density at radius 2 is 1.88 bits per heavy atom. The zero-order valence-electron chi connectivity index (χ0n) is 13.2. The van der Waals surface area contributed by atoms with Crippen LogP contribution in [0.15, 0.2) is 58.1 Å². The number of halogens is 1. The molecule has 1 aliphatic heterocycles. The van der Waals surface area contributed by atoms with Crippen LogP contribution in [-0.2, 0) is 4.74 Å². The molecule has 1 aliphatic rings. The van der Waals surface area contributed by atoms with Gasteiger partial charge in [-0.25, -0.2) is 0 Å².